The van der Waals surface area contributed by atoms with Gasteiger partial charge in [-0.25, -0.2) is 4.68 Å². The van der Waals surface area contributed by atoms with E-state index >= 15 is 0 Å². The lowest BCUT2D eigenvalue weighted by Gasteiger charge is -2.03. The molecule has 0 fully saturated rings. The number of carbonyl (C=O) groups excluding carboxylic acids is 1. The Morgan fingerprint density at radius 2 is 2.00 bits per heavy atom. The van der Waals surface area contributed by atoms with Gasteiger partial charge in [0, 0.05) is 19.2 Å². The van der Waals surface area contributed by atoms with Crippen molar-refractivity contribution in [2.75, 3.05) is 6.54 Å². The normalized spacial score (nSPS) is 10.9. The van der Waals surface area contributed by atoms with Crippen LogP contribution in [0.5, 0.6) is 0 Å². The monoisotopic (exact) mass is 407 g/mol. The summed E-state index contributed by atoms with van der Waals surface area (Å²) in [4.78, 5) is 17.7. The van der Waals surface area contributed by atoms with Crippen molar-refractivity contribution in [3.8, 4) is 16.4 Å². The molecule has 0 radical (unpaired) electrons. The number of carbonyl (C=O) groups is 1. The highest BCUT2D eigenvalue weighted by Gasteiger charge is 2.10. The zero-order valence-corrected chi connectivity index (χ0v) is 16.6. The predicted octanol–water partition coefficient (Wildman–Crippen LogP) is 4.13. The molecule has 0 aliphatic heterocycles. The number of amides is 1. The third kappa shape index (κ3) is 4.97. The maximum atomic E-state index is 12.3. The molecule has 0 unspecified atom stereocenters. The second-order valence-electron chi connectivity index (χ2n) is 6.56. The Hall–Kier alpha value is -3.26. The summed E-state index contributed by atoms with van der Waals surface area (Å²) in [5.74, 6) is 1.20. The van der Waals surface area contributed by atoms with Gasteiger partial charge in [0.2, 0.25) is 11.7 Å². The lowest BCUT2D eigenvalue weighted by Crippen LogP contribution is -2.24. The van der Waals surface area contributed by atoms with Gasteiger partial charge in [-0.3, -0.25) is 4.79 Å². The molecule has 29 heavy (non-hydrogen) atoms. The van der Waals surface area contributed by atoms with Crippen LogP contribution < -0.4 is 5.32 Å². The zero-order valence-electron chi connectivity index (χ0n) is 15.8. The number of aromatic nitrogens is 4. The van der Waals surface area contributed by atoms with Crippen molar-refractivity contribution in [1.29, 1.82) is 0 Å². The van der Waals surface area contributed by atoms with Gasteiger partial charge in [-0.05, 0) is 36.4 Å². The van der Waals surface area contributed by atoms with Crippen LogP contribution in [0.3, 0.4) is 0 Å². The van der Waals surface area contributed by atoms with Crippen LogP contribution in [-0.2, 0) is 6.42 Å². The maximum Gasteiger partial charge on any atom is 0.254 e. The number of benzene rings is 1. The average molecular weight is 407 g/mol. The summed E-state index contributed by atoms with van der Waals surface area (Å²) < 4.78 is 6.99. The first-order valence-corrected chi connectivity index (χ1v) is 10.4. The molecule has 3 heterocycles. The second-order valence-corrected chi connectivity index (χ2v) is 7.51. The van der Waals surface area contributed by atoms with Crippen molar-refractivity contribution in [2.45, 2.75) is 25.7 Å². The van der Waals surface area contributed by atoms with E-state index in [9.17, 15) is 4.79 Å². The van der Waals surface area contributed by atoms with Gasteiger partial charge < -0.3 is 9.84 Å². The molecule has 0 saturated carbocycles. The van der Waals surface area contributed by atoms with Crippen LogP contribution in [0.4, 0.5) is 0 Å². The number of aryl methyl sites for hydroxylation is 1. The Morgan fingerprint density at radius 1 is 1.10 bits per heavy atom. The second kappa shape index (κ2) is 9.29. The molecule has 0 spiro atoms. The van der Waals surface area contributed by atoms with E-state index in [1.807, 2.05) is 47.8 Å². The summed E-state index contributed by atoms with van der Waals surface area (Å²) in [6.45, 7) is 0.625. The molecule has 148 valence electrons. The van der Waals surface area contributed by atoms with E-state index in [2.05, 4.69) is 20.6 Å². The van der Waals surface area contributed by atoms with E-state index in [0.717, 1.165) is 36.2 Å². The largest absolute Gasteiger partial charge is 0.352 e. The SMILES string of the molecule is O=C(NCCCCCc1nc(-c2cccs2)no1)c1cnn(-c2ccccc2)c1. The number of nitrogens with zero attached hydrogens (tertiary/aromatic N) is 4. The molecule has 4 rings (SSSR count). The van der Waals surface area contributed by atoms with Crippen LogP contribution in [0.25, 0.3) is 16.4 Å². The molecule has 0 aliphatic rings. The van der Waals surface area contributed by atoms with Gasteiger partial charge in [0.15, 0.2) is 0 Å². The summed E-state index contributed by atoms with van der Waals surface area (Å²) in [7, 11) is 0. The Kier molecular flexibility index (Phi) is 6.11. The van der Waals surface area contributed by atoms with E-state index in [0.29, 0.717) is 23.8 Å². The Bertz CT molecular complexity index is 1040. The van der Waals surface area contributed by atoms with Crippen LogP contribution in [0.2, 0.25) is 0 Å². The number of para-hydroxylation sites is 1. The van der Waals surface area contributed by atoms with E-state index in [-0.39, 0.29) is 5.91 Å². The number of rotatable bonds is 9. The van der Waals surface area contributed by atoms with Crippen molar-refractivity contribution >= 4 is 17.2 Å². The molecule has 7 nitrogen and oxygen atoms in total. The third-order valence-electron chi connectivity index (χ3n) is 4.43. The molecule has 4 aromatic rings. The minimum absolute atomic E-state index is 0.107. The highest BCUT2D eigenvalue weighted by atomic mass is 32.1. The molecule has 1 N–H and O–H groups in total. The molecule has 0 bridgehead atoms. The van der Waals surface area contributed by atoms with E-state index in [1.165, 1.54) is 0 Å². The predicted molar refractivity (Wildman–Crippen MR) is 111 cm³/mol. The zero-order chi connectivity index (χ0) is 19.9. The van der Waals surface area contributed by atoms with Crippen LogP contribution in [0, 0.1) is 0 Å². The van der Waals surface area contributed by atoms with Crippen LogP contribution in [-0.4, -0.2) is 32.4 Å². The number of hydrogen-bond donors (Lipinski definition) is 1. The van der Waals surface area contributed by atoms with Crippen molar-refractivity contribution in [3.63, 3.8) is 0 Å². The smallest absolute Gasteiger partial charge is 0.254 e. The van der Waals surface area contributed by atoms with Crippen molar-refractivity contribution in [2.24, 2.45) is 0 Å². The van der Waals surface area contributed by atoms with Crippen LogP contribution in [0.15, 0.2) is 64.8 Å². The van der Waals surface area contributed by atoms with Gasteiger partial charge in [0.25, 0.3) is 5.91 Å². The van der Waals surface area contributed by atoms with Gasteiger partial charge >= 0.3 is 0 Å². The van der Waals surface area contributed by atoms with Gasteiger partial charge in [-0.1, -0.05) is 35.8 Å². The molecular formula is C21H21N5O2S. The molecule has 1 amide bonds. The van der Waals surface area contributed by atoms with Gasteiger partial charge in [0.05, 0.1) is 22.3 Å². The number of thiophene rings is 1. The summed E-state index contributed by atoms with van der Waals surface area (Å²) in [6.07, 6.45) is 6.88. The number of unbranched alkanes of at least 4 members (excludes halogenated alkanes) is 2. The van der Waals surface area contributed by atoms with Crippen molar-refractivity contribution in [1.82, 2.24) is 25.2 Å². The van der Waals surface area contributed by atoms with Crippen LogP contribution >= 0.6 is 11.3 Å². The molecule has 3 aromatic heterocycles. The first kappa shape index (κ1) is 19.1. The van der Waals surface area contributed by atoms with Crippen molar-refractivity contribution < 1.29 is 9.32 Å². The fourth-order valence-electron chi connectivity index (χ4n) is 2.91. The minimum atomic E-state index is -0.107. The minimum Gasteiger partial charge on any atom is -0.352 e. The molecule has 0 aliphatic carbocycles. The lowest BCUT2D eigenvalue weighted by molar-refractivity contribution is 0.0953. The maximum absolute atomic E-state index is 12.3. The number of hydrogen-bond acceptors (Lipinski definition) is 6. The average Bonchev–Trinajstić information content (AvgIpc) is 3.52. The molecule has 1 aromatic carbocycles. The van der Waals surface area contributed by atoms with E-state index in [4.69, 9.17) is 4.52 Å². The number of nitrogens with one attached hydrogen (secondary N) is 1. The first-order chi connectivity index (χ1) is 14.3. The Morgan fingerprint density at radius 3 is 2.83 bits per heavy atom. The molecule has 0 saturated heterocycles. The fraction of sp³-hybridized carbons (Fsp3) is 0.238. The van der Waals surface area contributed by atoms with Gasteiger partial charge in [0.1, 0.15) is 0 Å². The lowest BCUT2D eigenvalue weighted by atomic mass is 10.2. The van der Waals surface area contributed by atoms with Crippen molar-refractivity contribution in [3.05, 3.63) is 71.7 Å². The van der Waals surface area contributed by atoms with E-state index in [1.54, 1.807) is 28.4 Å². The molecule has 0 atom stereocenters. The topological polar surface area (TPSA) is 85.8 Å². The fourth-order valence-corrected chi connectivity index (χ4v) is 3.56. The third-order valence-corrected chi connectivity index (χ3v) is 5.29. The Labute approximate surface area is 172 Å². The Balaban J connectivity index is 1.16. The molecule has 8 heteroatoms. The summed E-state index contributed by atoms with van der Waals surface area (Å²) in [6, 6.07) is 13.7. The van der Waals surface area contributed by atoms with E-state index < -0.39 is 0 Å². The quantitative estimate of drug-likeness (QED) is 0.422. The first-order valence-electron chi connectivity index (χ1n) is 9.54. The van der Waals surface area contributed by atoms with Gasteiger partial charge in [-0.15, -0.1) is 11.3 Å². The molecular weight excluding hydrogens is 386 g/mol. The summed E-state index contributed by atoms with van der Waals surface area (Å²) >= 11 is 1.59. The standard InChI is InChI=1S/C21H21N5O2S/c27-21(16-14-23-26(15-16)17-8-3-1-4-9-17)22-12-6-2-5-11-19-24-20(25-28-19)18-10-7-13-29-18/h1,3-4,7-10,13-15H,2,5-6,11-12H2,(H,22,27). The summed E-state index contributed by atoms with van der Waals surface area (Å²) in [5, 5.41) is 13.2. The van der Waals surface area contributed by atoms with Crippen LogP contribution in [0.1, 0.15) is 35.5 Å². The summed E-state index contributed by atoms with van der Waals surface area (Å²) in [5.41, 5.74) is 1.48. The highest BCUT2D eigenvalue weighted by molar-refractivity contribution is 7.13. The van der Waals surface area contributed by atoms with Gasteiger partial charge in [-0.2, -0.15) is 10.1 Å². The highest BCUT2D eigenvalue weighted by Crippen LogP contribution is 2.21.